The molecule has 0 aliphatic heterocycles. The summed E-state index contributed by atoms with van der Waals surface area (Å²) in [5, 5.41) is 3.10. The van der Waals surface area contributed by atoms with Gasteiger partial charge in [-0.1, -0.05) is 19.9 Å². The van der Waals surface area contributed by atoms with Crippen LogP contribution in [0.15, 0.2) is 28.7 Å². The van der Waals surface area contributed by atoms with Crippen LogP contribution in [0.1, 0.15) is 48.0 Å². The molecule has 0 fully saturated rings. The molecule has 2 aromatic rings. The van der Waals surface area contributed by atoms with Crippen molar-refractivity contribution in [3.63, 3.8) is 0 Å². The zero-order chi connectivity index (χ0) is 15.4. The maximum Gasteiger partial charge on any atom is 0.146 e. The molecule has 3 heteroatoms. The van der Waals surface area contributed by atoms with Gasteiger partial charge in [0.15, 0.2) is 0 Å². The number of hydrogen-bond donors (Lipinski definition) is 1. The standard InChI is InChI=1S/C18H25NO2/c1-12(2)17-7-6-15(8-13(17)3)20-11-16-9-14(4)18(21-16)10-19-5/h6-9,12,19H,10-11H2,1-5H3. The fraction of sp³-hybridized carbons (Fsp3) is 0.444. The van der Waals surface area contributed by atoms with Gasteiger partial charge >= 0.3 is 0 Å². The molecule has 1 aromatic heterocycles. The van der Waals surface area contributed by atoms with E-state index in [2.05, 4.69) is 45.1 Å². The first-order valence-electron chi connectivity index (χ1n) is 7.47. The number of furan rings is 1. The molecule has 1 heterocycles. The minimum absolute atomic E-state index is 0.463. The summed E-state index contributed by atoms with van der Waals surface area (Å²) in [6.45, 7) is 9.81. The second-order valence-corrected chi connectivity index (χ2v) is 5.81. The summed E-state index contributed by atoms with van der Waals surface area (Å²) >= 11 is 0. The molecule has 0 saturated carbocycles. The second-order valence-electron chi connectivity index (χ2n) is 5.81. The normalized spacial score (nSPS) is 11.1. The van der Waals surface area contributed by atoms with Crippen molar-refractivity contribution in [1.29, 1.82) is 0 Å². The summed E-state index contributed by atoms with van der Waals surface area (Å²) in [5.74, 6) is 3.27. The second kappa shape index (κ2) is 6.81. The van der Waals surface area contributed by atoms with Gasteiger partial charge in [0.05, 0.1) is 6.54 Å². The minimum Gasteiger partial charge on any atom is -0.486 e. The fourth-order valence-electron chi connectivity index (χ4n) is 2.54. The van der Waals surface area contributed by atoms with E-state index >= 15 is 0 Å². The van der Waals surface area contributed by atoms with Crippen LogP contribution in [0.2, 0.25) is 0 Å². The van der Waals surface area contributed by atoms with Gasteiger partial charge in [0.25, 0.3) is 0 Å². The Morgan fingerprint density at radius 3 is 2.52 bits per heavy atom. The monoisotopic (exact) mass is 287 g/mol. The van der Waals surface area contributed by atoms with Gasteiger partial charge in [-0.25, -0.2) is 0 Å². The smallest absolute Gasteiger partial charge is 0.146 e. The molecule has 0 atom stereocenters. The van der Waals surface area contributed by atoms with Crippen molar-refractivity contribution in [1.82, 2.24) is 5.32 Å². The summed E-state index contributed by atoms with van der Waals surface area (Å²) < 4.78 is 11.6. The van der Waals surface area contributed by atoms with Gasteiger partial charge in [-0.15, -0.1) is 0 Å². The topological polar surface area (TPSA) is 34.4 Å². The third-order valence-corrected chi connectivity index (χ3v) is 3.65. The molecular formula is C18H25NO2. The zero-order valence-corrected chi connectivity index (χ0v) is 13.6. The first kappa shape index (κ1) is 15.6. The summed E-state index contributed by atoms with van der Waals surface area (Å²) in [7, 11) is 1.91. The van der Waals surface area contributed by atoms with Crippen LogP contribution in [-0.2, 0) is 13.2 Å². The number of nitrogens with one attached hydrogen (secondary N) is 1. The van der Waals surface area contributed by atoms with Crippen LogP contribution in [0.25, 0.3) is 0 Å². The van der Waals surface area contributed by atoms with E-state index in [0.29, 0.717) is 12.5 Å². The summed E-state index contributed by atoms with van der Waals surface area (Å²) in [5.41, 5.74) is 3.80. The highest BCUT2D eigenvalue weighted by Gasteiger charge is 2.09. The number of benzene rings is 1. The van der Waals surface area contributed by atoms with Crippen molar-refractivity contribution in [3.05, 3.63) is 52.5 Å². The highest BCUT2D eigenvalue weighted by molar-refractivity contribution is 5.36. The molecule has 0 unspecified atom stereocenters. The Balaban J connectivity index is 2.03. The van der Waals surface area contributed by atoms with Gasteiger partial charge in [0, 0.05) is 0 Å². The average Bonchev–Trinajstić information content (AvgIpc) is 2.77. The molecule has 0 radical (unpaired) electrons. The third kappa shape index (κ3) is 3.88. The minimum atomic E-state index is 0.463. The third-order valence-electron chi connectivity index (χ3n) is 3.65. The highest BCUT2D eigenvalue weighted by Crippen LogP contribution is 2.24. The first-order valence-corrected chi connectivity index (χ1v) is 7.47. The van der Waals surface area contributed by atoms with Gasteiger partial charge in [-0.2, -0.15) is 0 Å². The lowest BCUT2D eigenvalue weighted by molar-refractivity contribution is 0.265. The molecule has 2 rings (SSSR count). The number of aryl methyl sites for hydroxylation is 2. The van der Waals surface area contributed by atoms with E-state index in [1.165, 1.54) is 11.1 Å². The molecule has 0 bridgehead atoms. The van der Waals surface area contributed by atoms with Gasteiger partial charge in [-0.3, -0.25) is 0 Å². The Labute approximate surface area is 127 Å². The predicted octanol–water partition coefficient (Wildman–Crippen LogP) is 4.32. The molecule has 3 nitrogen and oxygen atoms in total. The average molecular weight is 287 g/mol. The Morgan fingerprint density at radius 2 is 1.90 bits per heavy atom. The maximum atomic E-state index is 5.84. The molecule has 0 aliphatic rings. The van der Waals surface area contributed by atoms with E-state index in [0.717, 1.165) is 29.4 Å². The fourth-order valence-corrected chi connectivity index (χ4v) is 2.54. The van der Waals surface area contributed by atoms with Gasteiger partial charge in [-0.05, 0) is 61.7 Å². The Hall–Kier alpha value is -1.74. The SMILES string of the molecule is CNCc1oc(COc2ccc(C(C)C)c(C)c2)cc1C. The van der Waals surface area contributed by atoms with E-state index in [1.807, 2.05) is 19.2 Å². The predicted molar refractivity (Wildman–Crippen MR) is 85.8 cm³/mol. The van der Waals surface area contributed by atoms with Crippen LogP contribution in [0.4, 0.5) is 0 Å². The van der Waals surface area contributed by atoms with Gasteiger partial charge < -0.3 is 14.5 Å². The lowest BCUT2D eigenvalue weighted by Crippen LogP contribution is -2.04. The number of ether oxygens (including phenoxy) is 1. The van der Waals surface area contributed by atoms with Crippen molar-refractivity contribution < 1.29 is 9.15 Å². The molecule has 0 saturated heterocycles. The van der Waals surface area contributed by atoms with Crippen LogP contribution in [-0.4, -0.2) is 7.05 Å². The highest BCUT2D eigenvalue weighted by atomic mass is 16.5. The summed E-state index contributed by atoms with van der Waals surface area (Å²) in [6, 6.07) is 8.32. The van der Waals surface area contributed by atoms with Crippen molar-refractivity contribution in [2.24, 2.45) is 0 Å². The Bertz CT molecular complexity index is 599. The van der Waals surface area contributed by atoms with Crippen LogP contribution >= 0.6 is 0 Å². The molecule has 0 spiro atoms. The molecule has 1 aromatic carbocycles. The number of hydrogen-bond acceptors (Lipinski definition) is 3. The van der Waals surface area contributed by atoms with Crippen LogP contribution < -0.4 is 10.1 Å². The van der Waals surface area contributed by atoms with E-state index < -0.39 is 0 Å². The molecule has 0 aliphatic carbocycles. The Kier molecular flexibility index (Phi) is 5.07. The van der Waals surface area contributed by atoms with Crippen molar-refractivity contribution in [3.8, 4) is 5.75 Å². The maximum absolute atomic E-state index is 5.84. The molecular weight excluding hydrogens is 262 g/mol. The van der Waals surface area contributed by atoms with Gasteiger partial charge in [0.1, 0.15) is 23.9 Å². The lowest BCUT2D eigenvalue weighted by Gasteiger charge is -2.12. The van der Waals surface area contributed by atoms with Gasteiger partial charge in [0.2, 0.25) is 0 Å². The van der Waals surface area contributed by atoms with E-state index in [-0.39, 0.29) is 0 Å². The van der Waals surface area contributed by atoms with Crippen molar-refractivity contribution >= 4 is 0 Å². The van der Waals surface area contributed by atoms with E-state index in [9.17, 15) is 0 Å². The summed E-state index contributed by atoms with van der Waals surface area (Å²) in [4.78, 5) is 0. The van der Waals surface area contributed by atoms with Crippen LogP contribution in [0.5, 0.6) is 5.75 Å². The van der Waals surface area contributed by atoms with Crippen LogP contribution in [0, 0.1) is 13.8 Å². The quantitative estimate of drug-likeness (QED) is 0.859. The summed E-state index contributed by atoms with van der Waals surface area (Å²) in [6.07, 6.45) is 0. The number of rotatable bonds is 6. The molecule has 1 N–H and O–H groups in total. The van der Waals surface area contributed by atoms with E-state index in [1.54, 1.807) is 0 Å². The van der Waals surface area contributed by atoms with Crippen molar-refractivity contribution in [2.45, 2.75) is 46.8 Å². The first-order chi connectivity index (χ1) is 10.0. The largest absolute Gasteiger partial charge is 0.486 e. The Morgan fingerprint density at radius 1 is 1.14 bits per heavy atom. The van der Waals surface area contributed by atoms with E-state index in [4.69, 9.17) is 9.15 Å². The van der Waals surface area contributed by atoms with Crippen LogP contribution in [0.3, 0.4) is 0 Å². The zero-order valence-electron chi connectivity index (χ0n) is 13.6. The lowest BCUT2D eigenvalue weighted by atomic mass is 9.98. The molecule has 114 valence electrons. The molecule has 0 amide bonds. The molecule has 21 heavy (non-hydrogen) atoms. The van der Waals surface area contributed by atoms with Crippen molar-refractivity contribution in [2.75, 3.05) is 7.05 Å².